The molecular formula is C12H16ClNO. The Morgan fingerprint density at radius 1 is 1.40 bits per heavy atom. The van der Waals surface area contributed by atoms with Crippen molar-refractivity contribution in [1.82, 2.24) is 0 Å². The Hall–Kier alpha value is -1.02. The topological polar surface area (TPSA) is 43.1 Å². The number of carbonyl (C=O) groups is 1. The van der Waals surface area contributed by atoms with Gasteiger partial charge in [-0.1, -0.05) is 31.4 Å². The van der Waals surface area contributed by atoms with E-state index >= 15 is 0 Å². The van der Waals surface area contributed by atoms with Gasteiger partial charge in [-0.15, -0.1) is 0 Å². The molecule has 0 aliphatic carbocycles. The van der Waals surface area contributed by atoms with Crippen molar-refractivity contribution in [2.24, 2.45) is 5.73 Å². The first-order chi connectivity index (χ1) is 7.15. The zero-order valence-electron chi connectivity index (χ0n) is 8.92. The molecule has 1 rings (SSSR count). The third kappa shape index (κ3) is 3.56. The van der Waals surface area contributed by atoms with Crippen LogP contribution >= 0.6 is 11.6 Å². The number of aryl methyl sites for hydroxylation is 1. The molecule has 0 aliphatic rings. The molecule has 2 N–H and O–H groups in total. The van der Waals surface area contributed by atoms with E-state index in [1.54, 1.807) is 12.1 Å². The van der Waals surface area contributed by atoms with Crippen molar-refractivity contribution < 1.29 is 4.79 Å². The Labute approximate surface area is 95.4 Å². The molecule has 15 heavy (non-hydrogen) atoms. The van der Waals surface area contributed by atoms with Gasteiger partial charge in [-0.25, -0.2) is 0 Å². The Morgan fingerprint density at radius 2 is 2.13 bits per heavy atom. The first kappa shape index (κ1) is 12.1. The molecule has 0 fully saturated rings. The molecule has 0 unspecified atom stereocenters. The van der Waals surface area contributed by atoms with Crippen molar-refractivity contribution in [3.8, 4) is 0 Å². The van der Waals surface area contributed by atoms with Crippen LogP contribution in [0.2, 0.25) is 5.02 Å². The maximum absolute atomic E-state index is 11.1. The Bertz CT molecular complexity index is 349. The predicted octanol–water partition coefficient (Wildman–Crippen LogP) is 3.17. The lowest BCUT2D eigenvalue weighted by molar-refractivity contribution is 0.0999. The maximum atomic E-state index is 11.1. The van der Waals surface area contributed by atoms with Gasteiger partial charge in [-0.05, 0) is 36.6 Å². The number of hydrogen-bond donors (Lipinski definition) is 1. The predicted molar refractivity (Wildman–Crippen MR) is 63.2 cm³/mol. The highest BCUT2D eigenvalue weighted by atomic mass is 35.5. The zero-order valence-corrected chi connectivity index (χ0v) is 9.68. The number of nitrogens with two attached hydrogens (primary N) is 1. The van der Waals surface area contributed by atoms with E-state index < -0.39 is 0 Å². The second kappa shape index (κ2) is 5.76. The highest BCUT2D eigenvalue weighted by Crippen LogP contribution is 2.18. The third-order valence-electron chi connectivity index (χ3n) is 2.38. The second-order valence-corrected chi connectivity index (χ2v) is 4.06. The fraction of sp³-hybridized carbons (Fsp3) is 0.417. The minimum Gasteiger partial charge on any atom is -0.366 e. The third-order valence-corrected chi connectivity index (χ3v) is 2.62. The van der Waals surface area contributed by atoms with E-state index in [-0.39, 0.29) is 5.91 Å². The molecule has 0 bridgehead atoms. The van der Waals surface area contributed by atoms with Gasteiger partial charge in [0.05, 0.1) is 0 Å². The molecule has 0 atom stereocenters. The summed E-state index contributed by atoms with van der Waals surface area (Å²) in [7, 11) is 0. The van der Waals surface area contributed by atoms with Gasteiger partial charge < -0.3 is 5.73 Å². The molecule has 3 heteroatoms. The summed E-state index contributed by atoms with van der Waals surface area (Å²) >= 11 is 5.88. The fourth-order valence-electron chi connectivity index (χ4n) is 1.57. The number of primary amides is 1. The number of amides is 1. The summed E-state index contributed by atoms with van der Waals surface area (Å²) in [4.78, 5) is 11.1. The number of carbonyl (C=O) groups excluding carboxylic acids is 1. The van der Waals surface area contributed by atoms with Crippen molar-refractivity contribution in [1.29, 1.82) is 0 Å². The normalized spacial score (nSPS) is 10.3. The van der Waals surface area contributed by atoms with Gasteiger partial charge in [-0.2, -0.15) is 0 Å². The minimum absolute atomic E-state index is 0.377. The van der Waals surface area contributed by atoms with Gasteiger partial charge in [0.2, 0.25) is 5.91 Å². The summed E-state index contributed by atoms with van der Waals surface area (Å²) in [5.74, 6) is -0.377. The van der Waals surface area contributed by atoms with E-state index in [4.69, 9.17) is 17.3 Å². The molecule has 82 valence electrons. The Kier molecular flexibility index (Phi) is 4.63. The van der Waals surface area contributed by atoms with E-state index in [9.17, 15) is 4.79 Å². The van der Waals surface area contributed by atoms with Crippen LogP contribution in [0, 0.1) is 0 Å². The van der Waals surface area contributed by atoms with Crippen molar-refractivity contribution in [2.75, 3.05) is 0 Å². The van der Waals surface area contributed by atoms with E-state index in [1.165, 1.54) is 0 Å². The van der Waals surface area contributed by atoms with Crippen molar-refractivity contribution in [2.45, 2.75) is 32.6 Å². The standard InChI is InChI=1S/C12H16ClNO/c1-2-3-4-5-9-8-10(13)6-7-11(9)12(14)15/h6-8H,2-5H2,1H3,(H2,14,15). The zero-order chi connectivity index (χ0) is 11.3. The first-order valence-electron chi connectivity index (χ1n) is 5.23. The summed E-state index contributed by atoms with van der Waals surface area (Å²) in [6.07, 6.45) is 4.25. The monoisotopic (exact) mass is 225 g/mol. The van der Waals surface area contributed by atoms with Gasteiger partial charge >= 0.3 is 0 Å². The summed E-state index contributed by atoms with van der Waals surface area (Å²) in [6, 6.07) is 5.23. The Balaban J connectivity index is 2.82. The molecule has 0 saturated carbocycles. The van der Waals surface area contributed by atoms with Crippen LogP contribution in [0.15, 0.2) is 18.2 Å². The van der Waals surface area contributed by atoms with Crippen LogP contribution in [-0.4, -0.2) is 5.91 Å². The van der Waals surface area contributed by atoms with E-state index in [0.717, 1.165) is 31.2 Å². The fourth-order valence-corrected chi connectivity index (χ4v) is 1.77. The summed E-state index contributed by atoms with van der Waals surface area (Å²) in [5.41, 5.74) is 6.84. The van der Waals surface area contributed by atoms with E-state index in [0.29, 0.717) is 10.6 Å². The van der Waals surface area contributed by atoms with Crippen molar-refractivity contribution in [3.05, 3.63) is 34.3 Å². The molecule has 0 spiro atoms. The van der Waals surface area contributed by atoms with Crippen LogP contribution in [0.5, 0.6) is 0 Å². The first-order valence-corrected chi connectivity index (χ1v) is 5.61. The largest absolute Gasteiger partial charge is 0.366 e. The average Bonchev–Trinajstić information content (AvgIpc) is 2.18. The minimum atomic E-state index is -0.377. The molecule has 0 aliphatic heterocycles. The summed E-state index contributed by atoms with van der Waals surface area (Å²) in [5, 5.41) is 0.659. The van der Waals surface area contributed by atoms with Crippen LogP contribution in [0.4, 0.5) is 0 Å². The quantitative estimate of drug-likeness (QED) is 0.769. The van der Waals surface area contributed by atoms with Crippen LogP contribution in [-0.2, 0) is 6.42 Å². The molecular weight excluding hydrogens is 210 g/mol. The molecule has 1 amide bonds. The SMILES string of the molecule is CCCCCc1cc(Cl)ccc1C(N)=O. The van der Waals surface area contributed by atoms with Crippen LogP contribution < -0.4 is 5.73 Å². The number of hydrogen-bond acceptors (Lipinski definition) is 1. The van der Waals surface area contributed by atoms with Crippen molar-refractivity contribution in [3.63, 3.8) is 0 Å². The van der Waals surface area contributed by atoms with Gasteiger partial charge in [0.1, 0.15) is 0 Å². The lowest BCUT2D eigenvalue weighted by Crippen LogP contribution is -2.13. The van der Waals surface area contributed by atoms with Crippen LogP contribution in [0.25, 0.3) is 0 Å². The van der Waals surface area contributed by atoms with Crippen LogP contribution in [0.3, 0.4) is 0 Å². The molecule has 0 radical (unpaired) electrons. The van der Waals surface area contributed by atoms with Gasteiger partial charge in [0.25, 0.3) is 0 Å². The average molecular weight is 226 g/mol. The summed E-state index contributed by atoms with van der Waals surface area (Å²) in [6.45, 7) is 2.15. The summed E-state index contributed by atoms with van der Waals surface area (Å²) < 4.78 is 0. The molecule has 0 saturated heterocycles. The van der Waals surface area contributed by atoms with Gasteiger partial charge in [0, 0.05) is 10.6 Å². The van der Waals surface area contributed by atoms with E-state index in [2.05, 4.69) is 6.92 Å². The number of rotatable bonds is 5. The number of benzene rings is 1. The van der Waals surface area contributed by atoms with Gasteiger partial charge in [-0.3, -0.25) is 4.79 Å². The van der Waals surface area contributed by atoms with E-state index in [1.807, 2.05) is 6.07 Å². The van der Waals surface area contributed by atoms with Crippen molar-refractivity contribution >= 4 is 17.5 Å². The maximum Gasteiger partial charge on any atom is 0.248 e. The molecule has 0 heterocycles. The molecule has 0 aromatic heterocycles. The molecule has 1 aromatic rings. The lowest BCUT2D eigenvalue weighted by atomic mass is 10.0. The Morgan fingerprint density at radius 3 is 2.73 bits per heavy atom. The second-order valence-electron chi connectivity index (χ2n) is 3.62. The van der Waals surface area contributed by atoms with Crippen LogP contribution in [0.1, 0.15) is 42.1 Å². The molecule has 1 aromatic carbocycles. The molecule has 2 nitrogen and oxygen atoms in total. The highest BCUT2D eigenvalue weighted by Gasteiger charge is 2.07. The highest BCUT2D eigenvalue weighted by molar-refractivity contribution is 6.30. The lowest BCUT2D eigenvalue weighted by Gasteiger charge is -2.06. The smallest absolute Gasteiger partial charge is 0.248 e. The number of unbranched alkanes of at least 4 members (excludes halogenated alkanes) is 2. The van der Waals surface area contributed by atoms with Gasteiger partial charge in [0.15, 0.2) is 0 Å². The number of halogens is 1.